The summed E-state index contributed by atoms with van der Waals surface area (Å²) < 4.78 is 5.77. The number of rotatable bonds is 5. The first-order valence-corrected chi connectivity index (χ1v) is 8.37. The van der Waals surface area contributed by atoms with E-state index in [1.807, 2.05) is 12.1 Å². The minimum atomic E-state index is -0.147. The molecule has 3 rings (SSSR count). The normalized spacial score (nSPS) is 10.3. The molecular formula is C21H19N3O2. The zero-order valence-corrected chi connectivity index (χ0v) is 14.7. The number of nitriles is 1. The van der Waals surface area contributed by atoms with E-state index in [1.165, 1.54) is 11.1 Å². The van der Waals surface area contributed by atoms with Crippen LogP contribution in [0.3, 0.4) is 0 Å². The highest BCUT2D eigenvalue weighted by atomic mass is 16.4. The Kier molecular flexibility index (Phi) is 5.14. The van der Waals surface area contributed by atoms with Crippen molar-refractivity contribution in [2.75, 3.05) is 5.32 Å². The van der Waals surface area contributed by atoms with Crippen molar-refractivity contribution >= 4 is 11.6 Å². The summed E-state index contributed by atoms with van der Waals surface area (Å²) in [5, 5.41) is 11.7. The number of nitrogens with zero attached hydrogens (tertiary/aromatic N) is 2. The number of benzene rings is 2. The van der Waals surface area contributed by atoms with Crippen molar-refractivity contribution in [3.8, 4) is 17.4 Å². The molecule has 130 valence electrons. The van der Waals surface area contributed by atoms with Crippen molar-refractivity contribution in [2.24, 2.45) is 0 Å². The molecule has 0 saturated carbocycles. The Balaban J connectivity index is 1.60. The van der Waals surface area contributed by atoms with E-state index in [-0.39, 0.29) is 12.3 Å². The van der Waals surface area contributed by atoms with Gasteiger partial charge in [0.05, 0.1) is 17.8 Å². The average molecular weight is 345 g/mol. The van der Waals surface area contributed by atoms with E-state index in [2.05, 4.69) is 36.3 Å². The molecule has 1 N–H and O–H groups in total. The van der Waals surface area contributed by atoms with Crippen LogP contribution in [0.25, 0.3) is 11.3 Å². The molecule has 26 heavy (non-hydrogen) atoms. The highest BCUT2D eigenvalue weighted by molar-refractivity contribution is 5.90. The van der Waals surface area contributed by atoms with Crippen LogP contribution in [0.5, 0.6) is 0 Å². The van der Waals surface area contributed by atoms with Gasteiger partial charge in [0, 0.05) is 24.1 Å². The minimum absolute atomic E-state index is 0.147. The van der Waals surface area contributed by atoms with Crippen LogP contribution in [0, 0.1) is 25.2 Å². The molecular weight excluding hydrogens is 326 g/mol. The molecule has 0 spiro atoms. The number of hydrogen-bond donors (Lipinski definition) is 1. The topological polar surface area (TPSA) is 78.9 Å². The third-order valence-electron chi connectivity index (χ3n) is 4.19. The molecule has 1 heterocycles. The Labute approximate surface area is 152 Å². The number of carbonyl (C=O) groups excluding carboxylic acids is 1. The van der Waals surface area contributed by atoms with E-state index in [0.29, 0.717) is 29.3 Å². The molecule has 0 radical (unpaired) electrons. The van der Waals surface area contributed by atoms with Gasteiger partial charge in [0.15, 0.2) is 11.7 Å². The molecule has 0 atom stereocenters. The molecule has 0 aliphatic heterocycles. The van der Waals surface area contributed by atoms with Crippen LogP contribution in [0.2, 0.25) is 0 Å². The molecule has 3 aromatic rings. The van der Waals surface area contributed by atoms with E-state index in [9.17, 15) is 4.79 Å². The van der Waals surface area contributed by atoms with Gasteiger partial charge < -0.3 is 9.73 Å². The lowest BCUT2D eigenvalue weighted by Crippen LogP contribution is -2.12. The Hall–Kier alpha value is -3.39. The van der Waals surface area contributed by atoms with E-state index >= 15 is 0 Å². The molecule has 0 fully saturated rings. The van der Waals surface area contributed by atoms with Gasteiger partial charge in [-0.3, -0.25) is 4.79 Å². The van der Waals surface area contributed by atoms with Gasteiger partial charge >= 0.3 is 0 Å². The van der Waals surface area contributed by atoms with Gasteiger partial charge in [-0.2, -0.15) is 5.26 Å². The molecule has 1 amide bonds. The number of aryl methyl sites for hydroxylation is 3. The summed E-state index contributed by atoms with van der Waals surface area (Å²) in [6.07, 6.45) is 2.35. The third-order valence-corrected chi connectivity index (χ3v) is 4.19. The predicted molar refractivity (Wildman–Crippen MR) is 99.5 cm³/mol. The van der Waals surface area contributed by atoms with Crippen LogP contribution >= 0.6 is 0 Å². The van der Waals surface area contributed by atoms with Gasteiger partial charge in [0.2, 0.25) is 5.91 Å². The van der Waals surface area contributed by atoms with Gasteiger partial charge in [-0.05, 0) is 49.2 Å². The Morgan fingerprint density at radius 1 is 1.19 bits per heavy atom. The smallest absolute Gasteiger partial charge is 0.224 e. The Morgan fingerprint density at radius 3 is 2.81 bits per heavy atom. The first-order chi connectivity index (χ1) is 12.5. The SMILES string of the molecule is Cc1ccc(-c2cnc(CCC(=O)Nc3cccc(C#N)c3)o2)cc1C. The number of amides is 1. The van der Waals surface area contributed by atoms with Gasteiger partial charge in [-0.15, -0.1) is 0 Å². The van der Waals surface area contributed by atoms with Gasteiger partial charge in [0.1, 0.15) is 0 Å². The highest BCUT2D eigenvalue weighted by Crippen LogP contribution is 2.23. The molecule has 0 bridgehead atoms. The first kappa shape index (κ1) is 17.4. The van der Waals surface area contributed by atoms with E-state index in [1.54, 1.807) is 30.5 Å². The van der Waals surface area contributed by atoms with Crippen molar-refractivity contribution in [3.05, 3.63) is 71.2 Å². The molecule has 0 saturated heterocycles. The predicted octanol–water partition coefficient (Wildman–Crippen LogP) is 4.40. The van der Waals surface area contributed by atoms with Crippen LogP contribution in [-0.4, -0.2) is 10.9 Å². The fourth-order valence-corrected chi connectivity index (χ4v) is 2.56. The fraction of sp³-hybridized carbons (Fsp3) is 0.190. The molecule has 1 aromatic heterocycles. The number of hydrogen-bond acceptors (Lipinski definition) is 4. The van der Waals surface area contributed by atoms with Crippen LogP contribution in [0.15, 0.2) is 53.1 Å². The largest absolute Gasteiger partial charge is 0.441 e. The summed E-state index contributed by atoms with van der Waals surface area (Å²) in [5.41, 5.74) is 4.51. The third kappa shape index (κ3) is 4.17. The standard InChI is InChI=1S/C21H19N3O2/c1-14-6-7-17(10-15(14)2)19-13-23-21(26-19)9-8-20(25)24-18-5-3-4-16(11-18)12-22/h3-7,10-11,13H,8-9H2,1-2H3,(H,24,25). The van der Waals surface area contributed by atoms with E-state index in [4.69, 9.17) is 9.68 Å². The second kappa shape index (κ2) is 7.66. The Bertz CT molecular complexity index is 983. The van der Waals surface area contributed by atoms with Gasteiger partial charge in [0.25, 0.3) is 0 Å². The van der Waals surface area contributed by atoms with Crippen LogP contribution in [-0.2, 0) is 11.2 Å². The maximum atomic E-state index is 12.1. The quantitative estimate of drug-likeness (QED) is 0.743. The second-order valence-corrected chi connectivity index (χ2v) is 6.16. The lowest BCUT2D eigenvalue weighted by molar-refractivity contribution is -0.116. The van der Waals surface area contributed by atoms with Gasteiger partial charge in [-0.1, -0.05) is 18.2 Å². The van der Waals surface area contributed by atoms with Crippen LogP contribution in [0.1, 0.15) is 29.0 Å². The molecule has 0 aliphatic rings. The maximum Gasteiger partial charge on any atom is 0.224 e. The fourth-order valence-electron chi connectivity index (χ4n) is 2.56. The summed E-state index contributed by atoms with van der Waals surface area (Å²) in [4.78, 5) is 16.3. The maximum absolute atomic E-state index is 12.1. The van der Waals surface area contributed by atoms with Crippen molar-refractivity contribution in [1.82, 2.24) is 4.98 Å². The number of carbonyl (C=O) groups is 1. The Morgan fingerprint density at radius 2 is 2.04 bits per heavy atom. The number of aromatic nitrogens is 1. The molecule has 5 nitrogen and oxygen atoms in total. The summed E-state index contributed by atoms with van der Waals surface area (Å²) in [7, 11) is 0. The lowest BCUT2D eigenvalue weighted by atomic mass is 10.1. The van der Waals surface area contributed by atoms with Crippen molar-refractivity contribution in [1.29, 1.82) is 5.26 Å². The molecule has 5 heteroatoms. The summed E-state index contributed by atoms with van der Waals surface area (Å²) >= 11 is 0. The second-order valence-electron chi connectivity index (χ2n) is 6.16. The molecule has 2 aromatic carbocycles. The van der Waals surface area contributed by atoms with E-state index < -0.39 is 0 Å². The first-order valence-electron chi connectivity index (χ1n) is 8.37. The number of anilines is 1. The average Bonchev–Trinajstić information content (AvgIpc) is 3.11. The van der Waals surface area contributed by atoms with Crippen molar-refractivity contribution in [3.63, 3.8) is 0 Å². The van der Waals surface area contributed by atoms with Gasteiger partial charge in [-0.25, -0.2) is 4.98 Å². The number of oxazole rings is 1. The monoisotopic (exact) mass is 345 g/mol. The van der Waals surface area contributed by atoms with Crippen LogP contribution in [0.4, 0.5) is 5.69 Å². The summed E-state index contributed by atoms with van der Waals surface area (Å²) in [6, 6.07) is 15.0. The van der Waals surface area contributed by atoms with Crippen molar-refractivity contribution in [2.45, 2.75) is 26.7 Å². The number of nitrogens with one attached hydrogen (secondary N) is 1. The minimum Gasteiger partial charge on any atom is -0.441 e. The van der Waals surface area contributed by atoms with Crippen LogP contribution < -0.4 is 5.32 Å². The lowest BCUT2D eigenvalue weighted by Gasteiger charge is -2.04. The van der Waals surface area contributed by atoms with E-state index in [0.717, 1.165) is 5.56 Å². The zero-order valence-electron chi connectivity index (χ0n) is 14.7. The zero-order chi connectivity index (χ0) is 18.5. The molecule has 0 aliphatic carbocycles. The molecule has 0 unspecified atom stereocenters. The highest BCUT2D eigenvalue weighted by Gasteiger charge is 2.10. The van der Waals surface area contributed by atoms with Crippen molar-refractivity contribution < 1.29 is 9.21 Å². The summed E-state index contributed by atoms with van der Waals surface area (Å²) in [6.45, 7) is 4.12. The summed E-state index contributed by atoms with van der Waals surface area (Å²) in [5.74, 6) is 1.08.